The van der Waals surface area contributed by atoms with Crippen LogP contribution in [0.3, 0.4) is 0 Å². The minimum absolute atomic E-state index is 0.324. The van der Waals surface area contributed by atoms with E-state index in [9.17, 15) is 9.59 Å². The van der Waals surface area contributed by atoms with Crippen molar-refractivity contribution in [2.75, 3.05) is 0 Å². The molecule has 1 N–H and O–H groups in total. The Hall–Kier alpha value is -4.25. The maximum Gasteiger partial charge on any atom is 0.343 e. The SMILES string of the molecule is Cc1cccc(C(=O)Oc2ccc3ccccc3c2/C=N/NC(=O)c2ccccc2)c1. The molecular formula is C26H20N2O3. The summed E-state index contributed by atoms with van der Waals surface area (Å²) in [6.07, 6.45) is 1.50. The van der Waals surface area contributed by atoms with Crippen LogP contribution in [0.1, 0.15) is 31.8 Å². The number of hydrogen-bond donors (Lipinski definition) is 1. The van der Waals surface area contributed by atoms with Gasteiger partial charge in [0.2, 0.25) is 0 Å². The molecule has 152 valence electrons. The summed E-state index contributed by atoms with van der Waals surface area (Å²) in [6.45, 7) is 1.92. The van der Waals surface area contributed by atoms with Crippen LogP contribution in [0.2, 0.25) is 0 Å². The number of nitrogens with zero attached hydrogens (tertiary/aromatic N) is 1. The molecule has 0 saturated heterocycles. The highest BCUT2D eigenvalue weighted by molar-refractivity contribution is 6.04. The molecule has 0 heterocycles. The molecular weight excluding hydrogens is 388 g/mol. The van der Waals surface area contributed by atoms with Crippen molar-refractivity contribution in [2.24, 2.45) is 5.10 Å². The Morgan fingerprint density at radius 3 is 2.39 bits per heavy atom. The van der Waals surface area contributed by atoms with Crippen molar-refractivity contribution in [1.82, 2.24) is 5.43 Å². The third-order valence-corrected chi connectivity index (χ3v) is 4.78. The molecule has 0 unspecified atom stereocenters. The van der Waals surface area contributed by atoms with Gasteiger partial charge in [0.05, 0.1) is 11.8 Å². The molecule has 0 bridgehead atoms. The van der Waals surface area contributed by atoms with E-state index in [-0.39, 0.29) is 5.91 Å². The number of fused-ring (bicyclic) bond motifs is 1. The zero-order chi connectivity index (χ0) is 21.6. The van der Waals surface area contributed by atoms with Crippen LogP contribution in [-0.4, -0.2) is 18.1 Å². The number of carbonyl (C=O) groups excluding carboxylic acids is 2. The average Bonchev–Trinajstić information content (AvgIpc) is 2.80. The summed E-state index contributed by atoms with van der Waals surface area (Å²) < 4.78 is 5.69. The van der Waals surface area contributed by atoms with Gasteiger partial charge in [-0.3, -0.25) is 4.79 Å². The second-order valence-corrected chi connectivity index (χ2v) is 7.02. The van der Waals surface area contributed by atoms with E-state index in [2.05, 4.69) is 10.5 Å². The van der Waals surface area contributed by atoms with Crippen LogP contribution in [0.5, 0.6) is 5.75 Å². The van der Waals surface area contributed by atoms with Crippen LogP contribution in [0.15, 0.2) is 96.1 Å². The smallest absolute Gasteiger partial charge is 0.343 e. The van der Waals surface area contributed by atoms with Crippen LogP contribution in [0.4, 0.5) is 0 Å². The Morgan fingerprint density at radius 1 is 0.839 bits per heavy atom. The zero-order valence-corrected chi connectivity index (χ0v) is 16.9. The zero-order valence-electron chi connectivity index (χ0n) is 16.9. The first-order chi connectivity index (χ1) is 15.1. The number of nitrogens with one attached hydrogen (secondary N) is 1. The number of rotatable bonds is 5. The Labute approximate surface area is 180 Å². The van der Waals surface area contributed by atoms with E-state index in [1.165, 1.54) is 6.21 Å². The Morgan fingerprint density at radius 2 is 1.58 bits per heavy atom. The van der Waals surface area contributed by atoms with Gasteiger partial charge in [0.15, 0.2) is 0 Å². The van der Waals surface area contributed by atoms with Crippen LogP contribution in [0.25, 0.3) is 10.8 Å². The van der Waals surface area contributed by atoms with E-state index in [0.717, 1.165) is 16.3 Å². The monoisotopic (exact) mass is 408 g/mol. The molecule has 1 amide bonds. The second-order valence-electron chi connectivity index (χ2n) is 7.02. The Bertz CT molecular complexity index is 1280. The van der Waals surface area contributed by atoms with Gasteiger partial charge in [0.25, 0.3) is 5.91 Å². The summed E-state index contributed by atoms with van der Waals surface area (Å²) in [7, 11) is 0. The highest BCUT2D eigenvalue weighted by atomic mass is 16.5. The summed E-state index contributed by atoms with van der Waals surface area (Å²) in [5.74, 6) is -0.416. The maximum absolute atomic E-state index is 12.7. The van der Waals surface area contributed by atoms with E-state index in [1.54, 1.807) is 42.5 Å². The summed E-state index contributed by atoms with van der Waals surface area (Å²) in [4.78, 5) is 25.0. The number of hydrazone groups is 1. The highest BCUT2D eigenvalue weighted by Crippen LogP contribution is 2.27. The van der Waals surface area contributed by atoms with Gasteiger partial charge < -0.3 is 4.74 Å². The molecule has 5 heteroatoms. The largest absolute Gasteiger partial charge is 0.422 e. The third-order valence-electron chi connectivity index (χ3n) is 4.78. The van der Waals surface area contributed by atoms with Gasteiger partial charge in [-0.25, -0.2) is 10.2 Å². The number of benzene rings is 4. The molecule has 0 spiro atoms. The number of ether oxygens (including phenoxy) is 1. The van der Waals surface area contributed by atoms with Gasteiger partial charge in [0.1, 0.15) is 5.75 Å². The van der Waals surface area contributed by atoms with Crippen LogP contribution < -0.4 is 10.2 Å². The van der Waals surface area contributed by atoms with Gasteiger partial charge in [-0.1, -0.05) is 66.2 Å². The molecule has 4 aromatic carbocycles. The molecule has 0 saturated carbocycles. The number of hydrogen-bond acceptors (Lipinski definition) is 4. The molecule has 31 heavy (non-hydrogen) atoms. The Balaban J connectivity index is 1.64. The summed E-state index contributed by atoms with van der Waals surface area (Å²) in [5, 5.41) is 5.93. The third kappa shape index (κ3) is 4.67. The summed E-state index contributed by atoms with van der Waals surface area (Å²) >= 11 is 0. The van der Waals surface area contributed by atoms with Crippen LogP contribution >= 0.6 is 0 Å². The van der Waals surface area contributed by atoms with Crippen LogP contribution in [-0.2, 0) is 0 Å². The van der Waals surface area contributed by atoms with E-state index in [0.29, 0.717) is 22.4 Å². The molecule has 5 nitrogen and oxygen atoms in total. The van der Waals surface area contributed by atoms with Crippen molar-refractivity contribution in [3.63, 3.8) is 0 Å². The van der Waals surface area contributed by atoms with Crippen molar-refractivity contribution in [2.45, 2.75) is 6.92 Å². The fourth-order valence-electron chi connectivity index (χ4n) is 3.24. The van der Waals surface area contributed by atoms with Gasteiger partial charge in [-0.2, -0.15) is 5.10 Å². The standard InChI is InChI=1S/C26H20N2O3/c1-18-8-7-12-21(16-18)26(30)31-24-15-14-19-9-5-6-13-22(19)23(24)17-27-28-25(29)20-10-3-2-4-11-20/h2-17H,1H3,(H,28,29)/b27-17+. The van der Waals surface area contributed by atoms with Crippen molar-refractivity contribution < 1.29 is 14.3 Å². The molecule has 0 aromatic heterocycles. The first-order valence-electron chi connectivity index (χ1n) is 9.81. The topological polar surface area (TPSA) is 67.8 Å². The lowest BCUT2D eigenvalue weighted by molar-refractivity contribution is 0.0734. The number of esters is 1. The van der Waals surface area contributed by atoms with E-state index < -0.39 is 5.97 Å². The quantitative estimate of drug-likeness (QED) is 0.215. The van der Waals surface area contributed by atoms with Crippen molar-refractivity contribution >= 4 is 28.9 Å². The van der Waals surface area contributed by atoms with Crippen molar-refractivity contribution in [1.29, 1.82) is 0 Å². The molecule has 0 atom stereocenters. The lowest BCUT2D eigenvalue weighted by atomic mass is 10.0. The maximum atomic E-state index is 12.7. The molecule has 4 rings (SSSR count). The van der Waals surface area contributed by atoms with Crippen molar-refractivity contribution in [3.05, 3.63) is 113 Å². The molecule has 4 aromatic rings. The predicted molar refractivity (Wildman–Crippen MR) is 122 cm³/mol. The lowest BCUT2D eigenvalue weighted by Gasteiger charge is -2.11. The minimum atomic E-state index is -0.457. The second kappa shape index (κ2) is 9.05. The number of carbonyl (C=O) groups is 2. The summed E-state index contributed by atoms with van der Waals surface area (Å²) in [5.41, 5.74) is 5.07. The van der Waals surface area contributed by atoms with Gasteiger partial charge in [-0.15, -0.1) is 0 Å². The van der Waals surface area contributed by atoms with E-state index in [1.807, 2.05) is 55.5 Å². The first-order valence-corrected chi connectivity index (χ1v) is 9.81. The molecule has 0 radical (unpaired) electrons. The lowest BCUT2D eigenvalue weighted by Crippen LogP contribution is -2.17. The van der Waals surface area contributed by atoms with Gasteiger partial charge >= 0.3 is 5.97 Å². The van der Waals surface area contributed by atoms with Gasteiger partial charge in [-0.05, 0) is 48.0 Å². The predicted octanol–water partition coefficient (Wildman–Crippen LogP) is 5.13. The molecule has 0 aliphatic carbocycles. The Kier molecular flexibility index (Phi) is 5.85. The number of amides is 1. The van der Waals surface area contributed by atoms with Crippen molar-refractivity contribution in [3.8, 4) is 5.75 Å². The molecule has 0 aliphatic heterocycles. The van der Waals surface area contributed by atoms with E-state index in [4.69, 9.17) is 4.74 Å². The minimum Gasteiger partial charge on any atom is -0.422 e. The number of aryl methyl sites for hydroxylation is 1. The fourth-order valence-corrected chi connectivity index (χ4v) is 3.24. The van der Waals surface area contributed by atoms with Gasteiger partial charge in [0, 0.05) is 11.1 Å². The normalized spacial score (nSPS) is 10.9. The first kappa shape index (κ1) is 20.0. The highest BCUT2D eigenvalue weighted by Gasteiger charge is 2.14. The van der Waals surface area contributed by atoms with Crippen LogP contribution in [0, 0.1) is 6.92 Å². The molecule has 0 fully saturated rings. The van der Waals surface area contributed by atoms with E-state index >= 15 is 0 Å². The summed E-state index contributed by atoms with van der Waals surface area (Å²) in [6, 6.07) is 27.4. The average molecular weight is 408 g/mol. The fraction of sp³-hybridized carbons (Fsp3) is 0.0385. The molecule has 0 aliphatic rings.